The van der Waals surface area contributed by atoms with E-state index in [0.29, 0.717) is 32.4 Å². The van der Waals surface area contributed by atoms with Gasteiger partial charge in [0.1, 0.15) is 11.5 Å². The van der Waals surface area contributed by atoms with E-state index >= 15 is 0 Å². The summed E-state index contributed by atoms with van der Waals surface area (Å²) < 4.78 is 5.67. The minimum Gasteiger partial charge on any atom is -0.480 e. The van der Waals surface area contributed by atoms with Gasteiger partial charge in [0.15, 0.2) is 6.10 Å². The topological polar surface area (TPSA) is 46.6 Å². The van der Waals surface area contributed by atoms with Crippen molar-refractivity contribution in [1.82, 2.24) is 4.90 Å². The first-order valence-electron chi connectivity index (χ1n) is 6.29. The number of likely N-dealkylation sites (tertiary alicyclic amines) is 1. The van der Waals surface area contributed by atoms with Crippen LogP contribution >= 0.6 is 0 Å². The van der Waals surface area contributed by atoms with Crippen LogP contribution in [0.5, 0.6) is 5.75 Å². The molecule has 18 heavy (non-hydrogen) atoms. The van der Waals surface area contributed by atoms with Crippen molar-refractivity contribution in [3.63, 3.8) is 0 Å². The predicted octanol–water partition coefficient (Wildman–Crippen LogP) is 1.18. The number of nitrogens with zero attached hydrogens (tertiary/aromatic N) is 1. The number of ketones is 1. The summed E-state index contributed by atoms with van der Waals surface area (Å²) in [5.74, 6) is 1.07. The van der Waals surface area contributed by atoms with Crippen LogP contribution in [0.15, 0.2) is 24.3 Å². The van der Waals surface area contributed by atoms with E-state index in [1.54, 1.807) is 4.90 Å². The molecule has 0 aliphatic carbocycles. The molecule has 0 spiro atoms. The highest BCUT2D eigenvalue weighted by Gasteiger charge is 2.33. The van der Waals surface area contributed by atoms with Gasteiger partial charge >= 0.3 is 0 Å². The van der Waals surface area contributed by atoms with Gasteiger partial charge in [-0.3, -0.25) is 9.59 Å². The Morgan fingerprint density at radius 3 is 2.67 bits per heavy atom. The van der Waals surface area contributed by atoms with Gasteiger partial charge in [0.2, 0.25) is 0 Å². The maximum atomic E-state index is 12.3. The van der Waals surface area contributed by atoms with E-state index in [-0.39, 0.29) is 11.7 Å². The van der Waals surface area contributed by atoms with Crippen molar-refractivity contribution in [3.8, 4) is 5.75 Å². The molecule has 1 aromatic carbocycles. The molecule has 2 aliphatic rings. The lowest BCUT2D eigenvalue weighted by Crippen LogP contribution is -2.45. The van der Waals surface area contributed by atoms with Crippen LogP contribution in [0.4, 0.5) is 0 Å². The number of Topliss-reactive ketones (excluding diaryl/α,β-unsaturated/α-hetero) is 1. The Balaban J connectivity index is 1.67. The second kappa shape index (κ2) is 4.44. The highest BCUT2D eigenvalue weighted by Crippen LogP contribution is 2.29. The summed E-state index contributed by atoms with van der Waals surface area (Å²) in [5.41, 5.74) is 1.09. The molecular weight excluding hydrogens is 230 g/mol. The summed E-state index contributed by atoms with van der Waals surface area (Å²) in [6, 6.07) is 7.74. The van der Waals surface area contributed by atoms with Gasteiger partial charge in [-0.15, -0.1) is 0 Å². The first kappa shape index (κ1) is 11.3. The molecule has 0 bridgehead atoms. The van der Waals surface area contributed by atoms with Crippen LogP contribution in [0.1, 0.15) is 18.4 Å². The molecule has 1 saturated heterocycles. The van der Waals surface area contributed by atoms with Crippen LogP contribution in [0.3, 0.4) is 0 Å². The smallest absolute Gasteiger partial charge is 0.264 e. The summed E-state index contributed by atoms with van der Waals surface area (Å²) in [5, 5.41) is 0. The Labute approximate surface area is 106 Å². The number of ether oxygens (including phenoxy) is 1. The van der Waals surface area contributed by atoms with Crippen molar-refractivity contribution < 1.29 is 14.3 Å². The van der Waals surface area contributed by atoms with Gasteiger partial charge < -0.3 is 9.64 Å². The van der Waals surface area contributed by atoms with Crippen LogP contribution < -0.4 is 4.74 Å². The highest BCUT2D eigenvalue weighted by molar-refractivity contribution is 5.86. The van der Waals surface area contributed by atoms with Gasteiger partial charge in [0.25, 0.3) is 5.91 Å². The SMILES string of the molecule is O=C1CCN(C(=O)C2Cc3ccccc3O2)CC1. The van der Waals surface area contributed by atoms with Gasteiger partial charge in [-0.25, -0.2) is 0 Å². The number of rotatable bonds is 1. The van der Waals surface area contributed by atoms with Crippen molar-refractivity contribution in [2.45, 2.75) is 25.4 Å². The molecule has 1 fully saturated rings. The largest absolute Gasteiger partial charge is 0.480 e. The molecule has 1 amide bonds. The fourth-order valence-electron chi connectivity index (χ4n) is 2.50. The zero-order chi connectivity index (χ0) is 12.5. The summed E-state index contributed by atoms with van der Waals surface area (Å²) in [6.45, 7) is 1.07. The van der Waals surface area contributed by atoms with E-state index in [2.05, 4.69) is 0 Å². The third-order valence-corrected chi connectivity index (χ3v) is 3.56. The molecule has 2 heterocycles. The second-order valence-electron chi connectivity index (χ2n) is 4.78. The Morgan fingerprint density at radius 2 is 1.94 bits per heavy atom. The number of carbonyl (C=O) groups is 2. The highest BCUT2D eigenvalue weighted by atomic mass is 16.5. The second-order valence-corrected chi connectivity index (χ2v) is 4.78. The van der Waals surface area contributed by atoms with Gasteiger partial charge in [-0.1, -0.05) is 18.2 Å². The fourth-order valence-corrected chi connectivity index (χ4v) is 2.50. The van der Waals surface area contributed by atoms with Crippen LogP contribution in [0, 0.1) is 0 Å². The van der Waals surface area contributed by atoms with E-state index in [0.717, 1.165) is 11.3 Å². The average molecular weight is 245 g/mol. The number of hydrogen-bond donors (Lipinski definition) is 0. The molecule has 0 saturated carbocycles. The summed E-state index contributed by atoms with van der Waals surface area (Å²) in [4.78, 5) is 25.2. The van der Waals surface area contributed by atoms with Crippen molar-refractivity contribution >= 4 is 11.7 Å². The van der Waals surface area contributed by atoms with Crippen LogP contribution in [-0.4, -0.2) is 35.8 Å². The monoisotopic (exact) mass is 245 g/mol. The van der Waals surface area contributed by atoms with E-state index in [1.165, 1.54) is 0 Å². The molecule has 1 aromatic rings. The zero-order valence-corrected chi connectivity index (χ0v) is 10.1. The number of carbonyl (C=O) groups excluding carboxylic acids is 2. The summed E-state index contributed by atoms with van der Waals surface area (Å²) in [7, 11) is 0. The molecule has 0 N–H and O–H groups in total. The average Bonchev–Trinajstić information content (AvgIpc) is 2.82. The van der Waals surface area contributed by atoms with E-state index < -0.39 is 6.10 Å². The van der Waals surface area contributed by atoms with Gasteiger partial charge in [0.05, 0.1) is 0 Å². The maximum absolute atomic E-state index is 12.3. The number of amides is 1. The molecule has 4 nitrogen and oxygen atoms in total. The van der Waals surface area contributed by atoms with Gasteiger partial charge in [-0.2, -0.15) is 0 Å². The first-order valence-corrected chi connectivity index (χ1v) is 6.29. The predicted molar refractivity (Wildman–Crippen MR) is 65.4 cm³/mol. The van der Waals surface area contributed by atoms with Gasteiger partial charge in [0, 0.05) is 32.4 Å². The number of benzene rings is 1. The van der Waals surface area contributed by atoms with Crippen LogP contribution in [0.25, 0.3) is 0 Å². The normalized spacial score (nSPS) is 22.6. The third kappa shape index (κ3) is 1.98. The van der Waals surface area contributed by atoms with E-state index in [4.69, 9.17) is 4.74 Å². The number of piperidine rings is 1. The maximum Gasteiger partial charge on any atom is 0.264 e. The van der Waals surface area contributed by atoms with Crippen molar-refractivity contribution in [1.29, 1.82) is 0 Å². The summed E-state index contributed by atoms with van der Waals surface area (Å²) in [6.07, 6.45) is 1.19. The quantitative estimate of drug-likeness (QED) is 0.746. The lowest BCUT2D eigenvalue weighted by molar-refractivity contribution is -0.140. The molecule has 1 unspecified atom stereocenters. The summed E-state index contributed by atoms with van der Waals surface area (Å²) >= 11 is 0. The Kier molecular flexibility index (Phi) is 2.78. The van der Waals surface area contributed by atoms with Crippen molar-refractivity contribution in [2.75, 3.05) is 13.1 Å². The zero-order valence-electron chi connectivity index (χ0n) is 10.1. The van der Waals surface area contributed by atoms with E-state index in [9.17, 15) is 9.59 Å². The van der Waals surface area contributed by atoms with E-state index in [1.807, 2.05) is 24.3 Å². The number of hydrogen-bond acceptors (Lipinski definition) is 3. The first-order chi connectivity index (χ1) is 8.74. The molecular formula is C14H15NO3. The van der Waals surface area contributed by atoms with Crippen LogP contribution in [-0.2, 0) is 16.0 Å². The standard InChI is InChI=1S/C14H15NO3/c16-11-5-7-15(8-6-11)14(17)13-9-10-3-1-2-4-12(10)18-13/h1-4,13H,5-9H2. The van der Waals surface area contributed by atoms with Crippen molar-refractivity contribution in [3.05, 3.63) is 29.8 Å². The Hall–Kier alpha value is -1.84. The van der Waals surface area contributed by atoms with Crippen molar-refractivity contribution in [2.24, 2.45) is 0 Å². The molecule has 0 radical (unpaired) electrons. The lowest BCUT2D eigenvalue weighted by atomic mass is 10.1. The number of para-hydroxylation sites is 1. The lowest BCUT2D eigenvalue weighted by Gasteiger charge is -2.28. The third-order valence-electron chi connectivity index (χ3n) is 3.56. The minimum absolute atomic E-state index is 0.0127. The van der Waals surface area contributed by atoms with Gasteiger partial charge in [-0.05, 0) is 11.6 Å². The molecule has 3 rings (SSSR count). The minimum atomic E-state index is -0.407. The molecule has 0 aromatic heterocycles. The molecule has 94 valence electrons. The number of fused-ring (bicyclic) bond motifs is 1. The Bertz CT molecular complexity index is 463. The fraction of sp³-hybridized carbons (Fsp3) is 0.429. The van der Waals surface area contributed by atoms with Crippen LogP contribution in [0.2, 0.25) is 0 Å². The Morgan fingerprint density at radius 1 is 1.22 bits per heavy atom. The molecule has 4 heteroatoms. The molecule has 2 aliphatic heterocycles. The molecule has 1 atom stereocenters.